The molecule has 1 heterocycles. The van der Waals surface area contributed by atoms with E-state index < -0.39 is 22.1 Å². The first-order valence-corrected chi connectivity index (χ1v) is 7.81. The van der Waals surface area contributed by atoms with E-state index in [0.717, 1.165) is 5.56 Å². The Bertz CT molecular complexity index is 625. The quantitative estimate of drug-likeness (QED) is 0.820. The maximum Gasteiger partial charge on any atom is 0.309 e. The Balaban J connectivity index is 2.02. The maximum absolute atomic E-state index is 12.3. The topological polar surface area (TPSA) is 87.2 Å². The molecule has 0 saturated carbocycles. The zero-order valence-corrected chi connectivity index (χ0v) is 12.7. The van der Waals surface area contributed by atoms with E-state index in [1.165, 1.54) is 15.7 Å². The largest absolute Gasteiger partial charge is 0.497 e. The zero-order valence-electron chi connectivity index (χ0n) is 11.9. The summed E-state index contributed by atoms with van der Waals surface area (Å²) < 4.78 is 32.0. The van der Waals surface area contributed by atoms with E-state index in [-0.39, 0.29) is 19.6 Å². The van der Waals surface area contributed by atoms with Crippen LogP contribution in [0.1, 0.15) is 5.56 Å². The number of carboxylic acids is 1. The minimum atomic E-state index is -3.62. The molecule has 7 nitrogen and oxygen atoms in total. The second kappa shape index (κ2) is 6.00. The van der Waals surface area contributed by atoms with Crippen molar-refractivity contribution in [2.45, 2.75) is 6.54 Å². The lowest BCUT2D eigenvalue weighted by atomic mass is 10.0. The Labute approximate surface area is 123 Å². The van der Waals surface area contributed by atoms with Crippen molar-refractivity contribution in [1.29, 1.82) is 0 Å². The van der Waals surface area contributed by atoms with E-state index in [4.69, 9.17) is 9.84 Å². The molecule has 0 atom stereocenters. The lowest BCUT2D eigenvalue weighted by Crippen LogP contribution is -2.56. The lowest BCUT2D eigenvalue weighted by Gasteiger charge is -2.37. The summed E-state index contributed by atoms with van der Waals surface area (Å²) in [6.45, 7) is 0.258. The van der Waals surface area contributed by atoms with Crippen LogP contribution < -0.4 is 4.74 Å². The summed E-state index contributed by atoms with van der Waals surface area (Å²) in [5, 5.41) is 8.80. The van der Waals surface area contributed by atoms with Crippen LogP contribution in [0.15, 0.2) is 24.3 Å². The SMILES string of the molecule is COc1cccc(CN(C)S(=O)(=O)N2CC(C(=O)O)C2)c1. The average Bonchev–Trinajstić information content (AvgIpc) is 2.36. The molecule has 1 saturated heterocycles. The fourth-order valence-electron chi connectivity index (χ4n) is 2.09. The molecule has 1 fully saturated rings. The first-order chi connectivity index (χ1) is 9.84. The van der Waals surface area contributed by atoms with Crippen LogP contribution in [0.3, 0.4) is 0 Å². The summed E-state index contributed by atoms with van der Waals surface area (Å²) in [7, 11) is -0.602. The van der Waals surface area contributed by atoms with Crippen LogP contribution in [0.4, 0.5) is 0 Å². The molecule has 2 rings (SSSR count). The summed E-state index contributed by atoms with van der Waals surface area (Å²) in [6, 6.07) is 7.15. The van der Waals surface area contributed by atoms with Crippen molar-refractivity contribution < 1.29 is 23.1 Å². The summed E-state index contributed by atoms with van der Waals surface area (Å²) >= 11 is 0. The standard InChI is InChI=1S/C13H18N2O5S/c1-14(7-10-4-3-5-12(6-10)20-2)21(18,19)15-8-11(9-15)13(16)17/h3-6,11H,7-9H2,1-2H3,(H,16,17). The highest BCUT2D eigenvalue weighted by Crippen LogP contribution is 2.23. The normalized spacial score (nSPS) is 16.7. The molecule has 0 spiro atoms. The summed E-state index contributed by atoms with van der Waals surface area (Å²) in [5.41, 5.74) is 0.802. The van der Waals surface area contributed by atoms with E-state index in [1.807, 2.05) is 6.07 Å². The van der Waals surface area contributed by atoms with Gasteiger partial charge in [-0.25, -0.2) is 0 Å². The maximum atomic E-state index is 12.3. The molecule has 0 bridgehead atoms. The van der Waals surface area contributed by atoms with Gasteiger partial charge in [0.2, 0.25) is 0 Å². The number of rotatable bonds is 6. The van der Waals surface area contributed by atoms with Crippen molar-refractivity contribution in [3.63, 3.8) is 0 Å². The van der Waals surface area contributed by atoms with Crippen LogP contribution in [-0.2, 0) is 21.5 Å². The van der Waals surface area contributed by atoms with Crippen LogP contribution in [0.5, 0.6) is 5.75 Å². The Morgan fingerprint density at radius 2 is 2.14 bits per heavy atom. The van der Waals surface area contributed by atoms with Crippen LogP contribution in [0.2, 0.25) is 0 Å². The molecule has 116 valence electrons. The number of hydrogen-bond acceptors (Lipinski definition) is 4. The van der Waals surface area contributed by atoms with E-state index >= 15 is 0 Å². The van der Waals surface area contributed by atoms with Gasteiger partial charge in [-0.1, -0.05) is 12.1 Å². The van der Waals surface area contributed by atoms with Gasteiger partial charge in [0.1, 0.15) is 5.75 Å². The van der Waals surface area contributed by atoms with Gasteiger partial charge in [-0.15, -0.1) is 0 Å². The van der Waals surface area contributed by atoms with Gasteiger partial charge in [-0.05, 0) is 17.7 Å². The molecule has 0 aliphatic carbocycles. The summed E-state index contributed by atoms with van der Waals surface area (Å²) in [4.78, 5) is 10.7. The smallest absolute Gasteiger partial charge is 0.309 e. The van der Waals surface area contributed by atoms with Gasteiger partial charge in [-0.3, -0.25) is 4.79 Å². The molecule has 8 heteroatoms. The van der Waals surface area contributed by atoms with Crippen molar-refractivity contribution in [1.82, 2.24) is 8.61 Å². The zero-order chi connectivity index (χ0) is 15.6. The summed E-state index contributed by atoms with van der Waals surface area (Å²) in [6.07, 6.45) is 0. The molecule has 1 aliphatic rings. The number of ether oxygens (including phenoxy) is 1. The van der Waals surface area contributed by atoms with Crippen molar-refractivity contribution in [2.75, 3.05) is 27.2 Å². The van der Waals surface area contributed by atoms with Gasteiger partial charge in [0.25, 0.3) is 10.2 Å². The number of hydrogen-bond donors (Lipinski definition) is 1. The van der Waals surface area contributed by atoms with Crippen molar-refractivity contribution in [2.24, 2.45) is 5.92 Å². The van der Waals surface area contributed by atoms with Gasteiger partial charge in [-0.2, -0.15) is 17.0 Å². The lowest BCUT2D eigenvalue weighted by molar-refractivity contribution is -0.145. The molecular weight excluding hydrogens is 296 g/mol. The van der Waals surface area contributed by atoms with E-state index in [2.05, 4.69) is 0 Å². The predicted octanol–water partition coefficient (Wildman–Crippen LogP) is 0.388. The fourth-order valence-corrected chi connectivity index (χ4v) is 3.53. The molecular formula is C13H18N2O5S. The van der Waals surface area contributed by atoms with Crippen molar-refractivity contribution in [3.8, 4) is 5.75 Å². The molecule has 1 aromatic carbocycles. The van der Waals surface area contributed by atoms with Crippen LogP contribution >= 0.6 is 0 Å². The highest BCUT2D eigenvalue weighted by Gasteiger charge is 2.41. The molecule has 0 aromatic heterocycles. The number of carbonyl (C=O) groups is 1. The first-order valence-electron chi connectivity index (χ1n) is 6.41. The molecule has 0 unspecified atom stereocenters. The molecule has 21 heavy (non-hydrogen) atoms. The third kappa shape index (κ3) is 3.34. The van der Waals surface area contributed by atoms with Crippen molar-refractivity contribution >= 4 is 16.2 Å². The molecule has 0 radical (unpaired) electrons. The van der Waals surface area contributed by atoms with E-state index in [1.54, 1.807) is 25.3 Å². The van der Waals surface area contributed by atoms with Gasteiger partial charge < -0.3 is 9.84 Å². The van der Waals surface area contributed by atoms with Crippen LogP contribution in [0, 0.1) is 5.92 Å². The number of carboxylic acid groups (broad SMARTS) is 1. The minimum Gasteiger partial charge on any atom is -0.497 e. The third-order valence-electron chi connectivity index (χ3n) is 3.46. The van der Waals surface area contributed by atoms with Crippen LogP contribution in [0.25, 0.3) is 0 Å². The molecule has 1 aromatic rings. The highest BCUT2D eigenvalue weighted by molar-refractivity contribution is 7.86. The highest BCUT2D eigenvalue weighted by atomic mass is 32.2. The monoisotopic (exact) mass is 314 g/mol. The second-order valence-electron chi connectivity index (χ2n) is 4.97. The summed E-state index contributed by atoms with van der Waals surface area (Å²) in [5.74, 6) is -0.907. The third-order valence-corrected chi connectivity index (χ3v) is 5.32. The van der Waals surface area contributed by atoms with Gasteiger partial charge >= 0.3 is 5.97 Å². The van der Waals surface area contributed by atoms with Gasteiger partial charge in [0.15, 0.2) is 0 Å². The Hall–Kier alpha value is -1.64. The molecule has 0 amide bonds. The fraction of sp³-hybridized carbons (Fsp3) is 0.462. The Morgan fingerprint density at radius 3 is 2.71 bits per heavy atom. The Kier molecular flexibility index (Phi) is 4.50. The van der Waals surface area contributed by atoms with E-state index in [0.29, 0.717) is 5.75 Å². The Morgan fingerprint density at radius 1 is 1.48 bits per heavy atom. The average molecular weight is 314 g/mol. The number of nitrogens with zero attached hydrogens (tertiary/aromatic N) is 2. The van der Waals surface area contributed by atoms with Crippen LogP contribution in [-0.4, -0.2) is 55.4 Å². The predicted molar refractivity (Wildman–Crippen MR) is 76.1 cm³/mol. The second-order valence-corrected chi connectivity index (χ2v) is 7.00. The first kappa shape index (κ1) is 15.7. The van der Waals surface area contributed by atoms with Gasteiger partial charge in [0, 0.05) is 26.7 Å². The minimum absolute atomic E-state index is 0.0279. The number of methoxy groups -OCH3 is 1. The number of aliphatic carboxylic acids is 1. The molecule has 1 N–H and O–H groups in total. The van der Waals surface area contributed by atoms with Gasteiger partial charge in [0.05, 0.1) is 13.0 Å². The molecule has 1 aliphatic heterocycles. The van der Waals surface area contributed by atoms with E-state index in [9.17, 15) is 13.2 Å². The van der Waals surface area contributed by atoms with Crippen molar-refractivity contribution in [3.05, 3.63) is 29.8 Å². The number of benzene rings is 1.